The van der Waals surface area contributed by atoms with Crippen LogP contribution in [0.15, 0.2) is 72.3 Å². The molecule has 3 aromatic carbocycles. The molecule has 2 saturated heterocycles. The molecular formula is C32H32Cl2N2O5. The van der Waals surface area contributed by atoms with Crippen LogP contribution in [-0.4, -0.2) is 66.0 Å². The van der Waals surface area contributed by atoms with Crippen molar-refractivity contribution in [2.24, 2.45) is 0 Å². The summed E-state index contributed by atoms with van der Waals surface area (Å²) in [6.07, 6.45) is 0.654. The Labute approximate surface area is 249 Å². The number of carbonyl (C=O) groups is 2. The van der Waals surface area contributed by atoms with Crippen LogP contribution in [0.4, 0.5) is 0 Å². The van der Waals surface area contributed by atoms with Crippen LogP contribution < -0.4 is 4.74 Å². The van der Waals surface area contributed by atoms with Crippen LogP contribution in [0.1, 0.15) is 34.7 Å². The number of ketones is 1. The summed E-state index contributed by atoms with van der Waals surface area (Å²) in [6.45, 7) is 6.33. The zero-order valence-corrected chi connectivity index (χ0v) is 24.3. The smallest absolute Gasteiger partial charge is 0.295 e. The van der Waals surface area contributed by atoms with Gasteiger partial charge in [0.05, 0.1) is 24.8 Å². The zero-order valence-electron chi connectivity index (χ0n) is 22.8. The summed E-state index contributed by atoms with van der Waals surface area (Å²) in [6, 6.07) is 19.2. The van der Waals surface area contributed by atoms with Gasteiger partial charge in [0.1, 0.15) is 18.1 Å². The highest BCUT2D eigenvalue weighted by atomic mass is 35.5. The first kappa shape index (κ1) is 29.1. The molecule has 1 N–H and O–H groups in total. The molecule has 0 radical (unpaired) electrons. The van der Waals surface area contributed by atoms with Crippen LogP contribution in [0, 0.1) is 6.92 Å². The minimum Gasteiger partial charge on any atom is -0.507 e. The van der Waals surface area contributed by atoms with Crippen molar-refractivity contribution < 1.29 is 24.2 Å². The van der Waals surface area contributed by atoms with Gasteiger partial charge >= 0.3 is 0 Å². The van der Waals surface area contributed by atoms with Crippen molar-refractivity contribution in [3.8, 4) is 5.75 Å². The number of amides is 1. The van der Waals surface area contributed by atoms with E-state index in [0.29, 0.717) is 65.3 Å². The van der Waals surface area contributed by atoms with E-state index in [1.807, 2.05) is 37.3 Å². The molecule has 3 aromatic rings. The molecule has 214 valence electrons. The van der Waals surface area contributed by atoms with E-state index in [-0.39, 0.29) is 11.3 Å². The van der Waals surface area contributed by atoms with Gasteiger partial charge < -0.3 is 19.5 Å². The zero-order chi connectivity index (χ0) is 28.9. The molecule has 2 heterocycles. The number of carbonyl (C=O) groups excluding carboxylic acids is 2. The van der Waals surface area contributed by atoms with Gasteiger partial charge in [0.15, 0.2) is 0 Å². The van der Waals surface area contributed by atoms with E-state index >= 15 is 0 Å². The Morgan fingerprint density at radius 3 is 2.46 bits per heavy atom. The van der Waals surface area contributed by atoms with Crippen LogP contribution in [-0.2, 0) is 20.9 Å². The van der Waals surface area contributed by atoms with Crippen molar-refractivity contribution in [2.45, 2.75) is 26.0 Å². The van der Waals surface area contributed by atoms with Gasteiger partial charge in [0.25, 0.3) is 11.7 Å². The number of benzene rings is 3. The van der Waals surface area contributed by atoms with Crippen LogP contribution >= 0.6 is 23.2 Å². The first-order valence-electron chi connectivity index (χ1n) is 13.6. The van der Waals surface area contributed by atoms with Gasteiger partial charge in [0.2, 0.25) is 0 Å². The summed E-state index contributed by atoms with van der Waals surface area (Å²) in [5, 5.41) is 12.3. The largest absolute Gasteiger partial charge is 0.507 e. The number of morpholine rings is 1. The van der Waals surface area contributed by atoms with Crippen molar-refractivity contribution in [3.63, 3.8) is 0 Å². The predicted octanol–water partition coefficient (Wildman–Crippen LogP) is 6.02. The molecule has 0 spiro atoms. The first-order valence-corrected chi connectivity index (χ1v) is 14.4. The van der Waals surface area contributed by atoms with E-state index in [4.69, 9.17) is 32.7 Å². The number of hydrogen-bond acceptors (Lipinski definition) is 6. The second-order valence-electron chi connectivity index (χ2n) is 10.2. The molecular weight excluding hydrogens is 563 g/mol. The van der Waals surface area contributed by atoms with Crippen LogP contribution in [0.2, 0.25) is 10.0 Å². The SMILES string of the molecule is Cc1cc(OCc2ccccc2)ccc1C(O)=C1C(=O)C(=O)N(CCCN2CCOCC2)[C@@H]1c1ccc(Cl)cc1Cl. The second-order valence-corrected chi connectivity index (χ2v) is 11.1. The Hall–Kier alpha value is -3.36. The molecule has 1 atom stereocenters. The summed E-state index contributed by atoms with van der Waals surface area (Å²) in [7, 11) is 0. The van der Waals surface area contributed by atoms with Gasteiger partial charge in [-0.1, -0.05) is 59.6 Å². The molecule has 0 unspecified atom stereocenters. The highest BCUT2D eigenvalue weighted by Gasteiger charge is 2.46. The third kappa shape index (κ3) is 6.60. The number of nitrogens with zero attached hydrogens (tertiary/aromatic N) is 2. The molecule has 0 bridgehead atoms. The van der Waals surface area contributed by atoms with E-state index in [1.54, 1.807) is 36.4 Å². The number of aliphatic hydroxyl groups is 1. The molecule has 2 aliphatic heterocycles. The molecule has 0 saturated carbocycles. The number of Topliss-reactive ketones (excluding diaryl/α,β-unsaturated/α-hetero) is 1. The summed E-state index contributed by atoms with van der Waals surface area (Å²) in [5.41, 5.74) is 2.71. The van der Waals surface area contributed by atoms with Crippen molar-refractivity contribution in [3.05, 3.63) is 105 Å². The standard InChI is InChI=1S/C32H32Cl2N2O5/c1-21-18-24(41-20-22-6-3-2-4-7-22)9-11-25(21)30(37)28-29(26-10-8-23(33)19-27(26)34)36(32(39)31(28)38)13-5-12-35-14-16-40-17-15-35/h2-4,6-11,18-19,29,37H,5,12-17,20H2,1H3/t29-/m1/s1. The van der Waals surface area contributed by atoms with Gasteiger partial charge in [-0.3, -0.25) is 14.5 Å². The van der Waals surface area contributed by atoms with Crippen molar-refractivity contribution in [1.29, 1.82) is 0 Å². The molecule has 2 fully saturated rings. The van der Waals surface area contributed by atoms with Crippen molar-refractivity contribution in [2.75, 3.05) is 39.4 Å². The predicted molar refractivity (Wildman–Crippen MR) is 159 cm³/mol. The van der Waals surface area contributed by atoms with Crippen LogP contribution in [0.3, 0.4) is 0 Å². The maximum atomic E-state index is 13.5. The number of likely N-dealkylation sites (tertiary alicyclic amines) is 1. The number of aryl methyl sites for hydroxylation is 1. The molecule has 2 aliphatic rings. The quantitative estimate of drug-likeness (QED) is 0.185. The highest BCUT2D eigenvalue weighted by molar-refractivity contribution is 6.47. The maximum Gasteiger partial charge on any atom is 0.295 e. The number of aliphatic hydroxyl groups excluding tert-OH is 1. The average molecular weight is 596 g/mol. The minimum absolute atomic E-state index is 0.00616. The lowest BCUT2D eigenvalue weighted by atomic mass is 9.93. The molecule has 0 aliphatic carbocycles. The van der Waals surface area contributed by atoms with Crippen molar-refractivity contribution >= 4 is 40.7 Å². The Morgan fingerprint density at radius 2 is 1.76 bits per heavy atom. The molecule has 7 nitrogen and oxygen atoms in total. The molecule has 0 aromatic heterocycles. The highest BCUT2D eigenvalue weighted by Crippen LogP contribution is 2.43. The molecule has 9 heteroatoms. The van der Waals surface area contributed by atoms with Gasteiger partial charge in [0, 0.05) is 41.8 Å². The maximum absolute atomic E-state index is 13.5. The topological polar surface area (TPSA) is 79.3 Å². The Morgan fingerprint density at radius 1 is 1.00 bits per heavy atom. The van der Waals surface area contributed by atoms with Gasteiger partial charge in [-0.2, -0.15) is 0 Å². The Kier molecular flexibility index (Phi) is 9.30. The van der Waals surface area contributed by atoms with E-state index in [2.05, 4.69) is 4.90 Å². The van der Waals surface area contributed by atoms with Crippen LogP contribution in [0.5, 0.6) is 5.75 Å². The summed E-state index contributed by atoms with van der Waals surface area (Å²) < 4.78 is 11.4. The number of hydrogen-bond donors (Lipinski definition) is 1. The van der Waals surface area contributed by atoms with E-state index in [1.165, 1.54) is 4.90 Å². The average Bonchev–Trinajstić information content (AvgIpc) is 3.22. The lowest BCUT2D eigenvalue weighted by molar-refractivity contribution is -0.140. The van der Waals surface area contributed by atoms with Crippen LogP contribution in [0.25, 0.3) is 5.76 Å². The van der Waals surface area contributed by atoms with E-state index < -0.39 is 17.7 Å². The fourth-order valence-electron chi connectivity index (χ4n) is 5.32. The van der Waals surface area contributed by atoms with E-state index in [9.17, 15) is 14.7 Å². The Bertz CT molecular complexity index is 1450. The molecule has 1 amide bonds. The number of halogens is 2. The summed E-state index contributed by atoms with van der Waals surface area (Å²) in [4.78, 5) is 30.6. The molecule has 41 heavy (non-hydrogen) atoms. The molecule has 5 rings (SSSR count). The van der Waals surface area contributed by atoms with Gasteiger partial charge in [-0.05, 0) is 60.4 Å². The van der Waals surface area contributed by atoms with Gasteiger partial charge in [-0.25, -0.2) is 0 Å². The third-order valence-corrected chi connectivity index (χ3v) is 8.04. The van der Waals surface area contributed by atoms with Gasteiger partial charge in [-0.15, -0.1) is 0 Å². The monoisotopic (exact) mass is 594 g/mol. The normalized spacial score (nSPS) is 19.1. The fourth-order valence-corrected chi connectivity index (χ4v) is 5.84. The second kappa shape index (κ2) is 13.1. The first-order chi connectivity index (χ1) is 19.8. The number of ether oxygens (including phenoxy) is 2. The fraction of sp³-hybridized carbons (Fsp3) is 0.312. The Balaban J connectivity index is 1.45. The number of rotatable bonds is 9. The lowest BCUT2D eigenvalue weighted by Crippen LogP contribution is -2.39. The van der Waals surface area contributed by atoms with E-state index in [0.717, 1.165) is 25.2 Å². The lowest BCUT2D eigenvalue weighted by Gasteiger charge is -2.29. The third-order valence-electron chi connectivity index (χ3n) is 7.48. The minimum atomic E-state index is -0.849. The summed E-state index contributed by atoms with van der Waals surface area (Å²) >= 11 is 12.8. The van der Waals surface area contributed by atoms with Crippen molar-refractivity contribution in [1.82, 2.24) is 9.80 Å². The summed E-state index contributed by atoms with van der Waals surface area (Å²) in [5.74, 6) is -1.02.